The van der Waals surface area contributed by atoms with E-state index in [9.17, 15) is 0 Å². The Bertz CT molecular complexity index is 439. The lowest BCUT2D eigenvalue weighted by Crippen LogP contribution is -1.98. The van der Waals surface area contributed by atoms with Crippen molar-refractivity contribution in [3.63, 3.8) is 0 Å². The third kappa shape index (κ3) is 1.83. The van der Waals surface area contributed by atoms with Gasteiger partial charge in [-0.05, 0) is 23.6 Å². The molecular weight excluding hydrogens is 239 g/mol. The minimum absolute atomic E-state index is 0.470. The van der Waals surface area contributed by atoms with Crippen LogP contribution < -0.4 is 4.74 Å². The summed E-state index contributed by atoms with van der Waals surface area (Å²) in [6.07, 6.45) is 0. The van der Waals surface area contributed by atoms with Gasteiger partial charge in [0.1, 0.15) is 12.4 Å². The molecule has 1 aromatic heterocycles. The lowest BCUT2D eigenvalue weighted by Gasteiger charge is -2.06. The van der Waals surface area contributed by atoms with E-state index in [1.807, 2.05) is 23.6 Å². The van der Waals surface area contributed by atoms with E-state index in [0.29, 0.717) is 23.3 Å². The number of ether oxygens (including phenoxy) is 1. The Kier molecular flexibility index (Phi) is 3.16. The van der Waals surface area contributed by atoms with E-state index < -0.39 is 0 Å². The molecule has 0 fully saturated rings. The number of benzene rings is 1. The third-order valence-corrected chi connectivity index (χ3v) is 3.30. The standard InChI is InChI=1S/C10H8Cl2OS/c11-4-5-13-8-1-2-9-7(10(8)12)3-6-14-9/h1-3,6H,4-5H2. The van der Waals surface area contributed by atoms with E-state index >= 15 is 0 Å². The summed E-state index contributed by atoms with van der Waals surface area (Å²) < 4.78 is 6.58. The van der Waals surface area contributed by atoms with E-state index in [4.69, 9.17) is 27.9 Å². The Morgan fingerprint density at radius 1 is 1.29 bits per heavy atom. The maximum absolute atomic E-state index is 6.16. The second-order valence-electron chi connectivity index (χ2n) is 2.75. The number of hydrogen-bond acceptors (Lipinski definition) is 2. The highest BCUT2D eigenvalue weighted by molar-refractivity contribution is 7.17. The van der Waals surface area contributed by atoms with Gasteiger partial charge in [-0.15, -0.1) is 22.9 Å². The molecule has 1 nitrogen and oxygen atoms in total. The Morgan fingerprint density at radius 3 is 2.93 bits per heavy atom. The fourth-order valence-corrected chi connectivity index (χ4v) is 2.46. The predicted molar refractivity (Wildman–Crippen MR) is 63.1 cm³/mol. The van der Waals surface area contributed by atoms with Crippen molar-refractivity contribution in [2.24, 2.45) is 0 Å². The van der Waals surface area contributed by atoms with Crippen LogP contribution in [0.15, 0.2) is 23.6 Å². The first-order valence-electron chi connectivity index (χ1n) is 4.17. The van der Waals surface area contributed by atoms with Crippen molar-refractivity contribution in [1.29, 1.82) is 0 Å². The fraction of sp³-hybridized carbons (Fsp3) is 0.200. The summed E-state index contributed by atoms with van der Waals surface area (Å²) in [4.78, 5) is 0. The van der Waals surface area contributed by atoms with Crippen molar-refractivity contribution in [2.75, 3.05) is 12.5 Å². The van der Waals surface area contributed by atoms with Gasteiger partial charge < -0.3 is 4.74 Å². The molecule has 2 aromatic rings. The van der Waals surface area contributed by atoms with E-state index in [2.05, 4.69) is 0 Å². The van der Waals surface area contributed by atoms with Crippen LogP contribution in [0.2, 0.25) is 5.02 Å². The first-order chi connectivity index (χ1) is 6.83. The molecule has 0 aliphatic carbocycles. The first kappa shape index (κ1) is 10.1. The highest BCUT2D eigenvalue weighted by Crippen LogP contribution is 2.35. The molecule has 0 bridgehead atoms. The summed E-state index contributed by atoms with van der Waals surface area (Å²) in [5.41, 5.74) is 0. The van der Waals surface area contributed by atoms with Crippen LogP contribution in [0.4, 0.5) is 0 Å². The molecule has 2 rings (SSSR count). The zero-order valence-corrected chi connectivity index (χ0v) is 9.62. The van der Waals surface area contributed by atoms with Crippen LogP contribution in [0.3, 0.4) is 0 Å². The van der Waals surface area contributed by atoms with Crippen LogP contribution >= 0.6 is 34.5 Å². The van der Waals surface area contributed by atoms with E-state index in [1.165, 1.54) is 4.70 Å². The second-order valence-corrected chi connectivity index (χ2v) is 4.45. The van der Waals surface area contributed by atoms with Gasteiger partial charge in [0.15, 0.2) is 0 Å². The van der Waals surface area contributed by atoms with Crippen molar-refractivity contribution in [2.45, 2.75) is 0 Å². The van der Waals surface area contributed by atoms with Crippen molar-refractivity contribution < 1.29 is 4.74 Å². The van der Waals surface area contributed by atoms with Gasteiger partial charge in [-0.25, -0.2) is 0 Å². The number of fused-ring (bicyclic) bond motifs is 1. The normalized spacial score (nSPS) is 10.7. The van der Waals surface area contributed by atoms with Crippen molar-refractivity contribution in [3.05, 3.63) is 28.6 Å². The van der Waals surface area contributed by atoms with Gasteiger partial charge >= 0.3 is 0 Å². The van der Waals surface area contributed by atoms with E-state index in [0.717, 1.165) is 5.39 Å². The van der Waals surface area contributed by atoms with Crippen LogP contribution in [-0.4, -0.2) is 12.5 Å². The molecule has 0 aliphatic rings. The highest BCUT2D eigenvalue weighted by Gasteiger charge is 2.06. The average Bonchev–Trinajstić information content (AvgIpc) is 2.66. The fourth-order valence-electron chi connectivity index (χ4n) is 1.25. The highest BCUT2D eigenvalue weighted by atomic mass is 35.5. The maximum atomic E-state index is 6.16. The van der Waals surface area contributed by atoms with Gasteiger partial charge in [-0.1, -0.05) is 11.6 Å². The molecular formula is C10H8Cl2OS. The summed E-state index contributed by atoms with van der Waals surface area (Å²) in [6, 6.07) is 5.89. The number of hydrogen-bond donors (Lipinski definition) is 0. The van der Waals surface area contributed by atoms with Gasteiger partial charge in [-0.3, -0.25) is 0 Å². The van der Waals surface area contributed by atoms with E-state index in [1.54, 1.807) is 11.3 Å². The predicted octanol–water partition coefficient (Wildman–Crippen LogP) is 4.17. The number of halogens is 2. The van der Waals surface area contributed by atoms with Gasteiger partial charge in [-0.2, -0.15) is 0 Å². The molecule has 0 aliphatic heterocycles. The summed E-state index contributed by atoms with van der Waals surface area (Å²) in [5.74, 6) is 1.18. The molecule has 14 heavy (non-hydrogen) atoms. The largest absolute Gasteiger partial charge is 0.491 e. The molecule has 0 radical (unpaired) electrons. The second kappa shape index (κ2) is 4.39. The van der Waals surface area contributed by atoms with Gasteiger partial charge in [0.25, 0.3) is 0 Å². The van der Waals surface area contributed by atoms with Crippen LogP contribution in [0.5, 0.6) is 5.75 Å². The molecule has 0 atom stereocenters. The Balaban J connectivity index is 2.40. The summed E-state index contributed by atoms with van der Waals surface area (Å²) >= 11 is 13.4. The molecule has 4 heteroatoms. The quantitative estimate of drug-likeness (QED) is 0.739. The number of alkyl halides is 1. The topological polar surface area (TPSA) is 9.23 Å². The molecule has 0 spiro atoms. The van der Waals surface area contributed by atoms with Gasteiger partial charge in [0, 0.05) is 10.1 Å². The minimum atomic E-state index is 0.470. The Labute approximate surface area is 96.2 Å². The molecule has 0 saturated carbocycles. The number of rotatable bonds is 3. The minimum Gasteiger partial charge on any atom is -0.491 e. The summed E-state index contributed by atoms with van der Waals surface area (Å²) in [7, 11) is 0. The van der Waals surface area contributed by atoms with E-state index in [-0.39, 0.29) is 0 Å². The smallest absolute Gasteiger partial charge is 0.138 e. The van der Waals surface area contributed by atoms with Gasteiger partial charge in [0.05, 0.1) is 10.9 Å². The van der Waals surface area contributed by atoms with Crippen LogP contribution in [0.25, 0.3) is 10.1 Å². The summed E-state index contributed by atoms with van der Waals surface area (Å²) in [5, 5.41) is 3.74. The molecule has 1 aromatic carbocycles. The first-order valence-corrected chi connectivity index (χ1v) is 5.96. The molecule has 0 unspecified atom stereocenters. The van der Waals surface area contributed by atoms with Crippen LogP contribution in [-0.2, 0) is 0 Å². The molecule has 74 valence electrons. The lowest BCUT2D eigenvalue weighted by atomic mass is 10.2. The Hall–Kier alpha value is -0.440. The third-order valence-electron chi connectivity index (χ3n) is 1.87. The molecule has 0 N–H and O–H groups in total. The summed E-state index contributed by atoms with van der Waals surface area (Å²) in [6.45, 7) is 0.483. The molecule has 1 heterocycles. The van der Waals surface area contributed by atoms with Gasteiger partial charge in [0.2, 0.25) is 0 Å². The molecule has 0 amide bonds. The lowest BCUT2D eigenvalue weighted by molar-refractivity contribution is 0.343. The van der Waals surface area contributed by atoms with Crippen molar-refractivity contribution in [3.8, 4) is 5.75 Å². The average molecular weight is 247 g/mol. The molecule has 0 saturated heterocycles. The van der Waals surface area contributed by atoms with Crippen molar-refractivity contribution >= 4 is 44.6 Å². The zero-order valence-electron chi connectivity index (χ0n) is 7.30. The van der Waals surface area contributed by atoms with Crippen molar-refractivity contribution in [1.82, 2.24) is 0 Å². The SMILES string of the molecule is ClCCOc1ccc2sccc2c1Cl. The number of thiophene rings is 1. The Morgan fingerprint density at radius 2 is 2.14 bits per heavy atom. The maximum Gasteiger partial charge on any atom is 0.138 e. The van der Waals surface area contributed by atoms with Crippen LogP contribution in [0.1, 0.15) is 0 Å². The monoisotopic (exact) mass is 246 g/mol. The van der Waals surface area contributed by atoms with Crippen LogP contribution in [0, 0.1) is 0 Å². The zero-order chi connectivity index (χ0) is 9.97.